The minimum absolute atomic E-state index is 0. The van der Waals surface area contributed by atoms with Crippen LogP contribution in [0.3, 0.4) is 0 Å². The molecule has 0 aliphatic heterocycles. The first-order chi connectivity index (χ1) is 20.0. The van der Waals surface area contributed by atoms with Gasteiger partial charge >= 0.3 is 12.1 Å². The van der Waals surface area contributed by atoms with E-state index in [2.05, 4.69) is 25.3 Å². The minimum atomic E-state index is -4.41. The summed E-state index contributed by atoms with van der Waals surface area (Å²) in [5, 5.41) is 12.4. The second-order valence-electron chi connectivity index (χ2n) is 8.90. The fourth-order valence-corrected chi connectivity index (χ4v) is 3.94. The van der Waals surface area contributed by atoms with Gasteiger partial charge in [0.2, 0.25) is 5.91 Å². The summed E-state index contributed by atoms with van der Waals surface area (Å²) in [5.74, 6) is -0.00529. The quantitative estimate of drug-likeness (QED) is 0.145. The van der Waals surface area contributed by atoms with Crippen LogP contribution in [0, 0.1) is 0 Å². The van der Waals surface area contributed by atoms with Gasteiger partial charge in [-0.1, -0.05) is 23.2 Å². The number of hydrogen-bond donors (Lipinski definition) is 4. The van der Waals surface area contributed by atoms with E-state index in [0.717, 1.165) is 23.3 Å². The molecule has 0 bridgehead atoms. The minimum Gasteiger partial charge on any atom is -0.481 e. The largest absolute Gasteiger partial charge is 0.481 e. The van der Waals surface area contributed by atoms with Gasteiger partial charge in [0, 0.05) is 69.2 Å². The number of aromatic nitrogens is 4. The zero-order valence-corrected chi connectivity index (χ0v) is 24.9. The van der Waals surface area contributed by atoms with Crippen molar-refractivity contribution >= 4 is 40.8 Å². The van der Waals surface area contributed by atoms with Crippen molar-refractivity contribution in [2.45, 2.75) is 19.0 Å². The van der Waals surface area contributed by atoms with E-state index in [0.29, 0.717) is 38.8 Å². The molecule has 1 radical (unpaired) electrons. The summed E-state index contributed by atoms with van der Waals surface area (Å²) in [4.78, 5) is 36.8. The Bertz CT molecular complexity index is 1660. The number of alkyl halides is 3. The van der Waals surface area contributed by atoms with Crippen molar-refractivity contribution in [1.82, 2.24) is 19.9 Å². The summed E-state index contributed by atoms with van der Waals surface area (Å²) < 4.78 is 37.6. The van der Waals surface area contributed by atoms with E-state index < -0.39 is 17.7 Å². The maximum Gasteiger partial charge on any atom is 0.416 e. The van der Waals surface area contributed by atoms with Crippen molar-refractivity contribution in [3.63, 3.8) is 0 Å². The number of nitrogens with zero attached hydrogens (tertiary/aromatic N) is 2. The van der Waals surface area contributed by atoms with E-state index >= 15 is 0 Å². The summed E-state index contributed by atoms with van der Waals surface area (Å²) in [6, 6.07) is 18.5. The predicted molar refractivity (Wildman–Crippen MR) is 153 cm³/mol. The number of aromatic amines is 2. The summed E-state index contributed by atoms with van der Waals surface area (Å²) >= 11 is 11.6. The molecular formula is C29H22Cl2F3N5O3V. The van der Waals surface area contributed by atoms with Gasteiger partial charge in [0.1, 0.15) is 11.6 Å². The van der Waals surface area contributed by atoms with Crippen LogP contribution in [0.25, 0.3) is 22.8 Å². The molecule has 0 aliphatic rings. The Morgan fingerprint density at radius 2 is 1.19 bits per heavy atom. The van der Waals surface area contributed by atoms with Crippen LogP contribution in [0.1, 0.15) is 17.0 Å². The number of nitrogens with one attached hydrogen (secondary N) is 3. The van der Waals surface area contributed by atoms with Crippen LogP contribution in [0.2, 0.25) is 10.0 Å². The van der Waals surface area contributed by atoms with Crippen LogP contribution < -0.4 is 5.32 Å². The Hall–Kier alpha value is -4.03. The zero-order valence-electron chi connectivity index (χ0n) is 22.0. The third-order valence-electron chi connectivity index (χ3n) is 5.68. The van der Waals surface area contributed by atoms with E-state index in [4.69, 9.17) is 28.3 Å². The molecule has 8 nitrogen and oxygen atoms in total. The number of carboxylic acid groups (broad SMARTS) is 1. The van der Waals surface area contributed by atoms with Crippen LogP contribution in [-0.4, -0.2) is 36.9 Å². The number of hydrogen-bond acceptors (Lipinski definition) is 4. The number of amides is 1. The third kappa shape index (κ3) is 10.0. The molecule has 5 aromatic rings. The molecular weight excluding hydrogens is 645 g/mol. The Labute approximate surface area is 265 Å². The Morgan fingerprint density at radius 1 is 0.744 bits per heavy atom. The number of imidazole rings is 2. The predicted octanol–water partition coefficient (Wildman–Crippen LogP) is 7.28. The molecule has 0 aliphatic carbocycles. The van der Waals surface area contributed by atoms with Crippen LogP contribution in [0.4, 0.5) is 18.9 Å². The van der Waals surface area contributed by atoms with Crippen molar-refractivity contribution < 1.29 is 46.4 Å². The van der Waals surface area contributed by atoms with Gasteiger partial charge in [-0.15, -0.1) is 0 Å². The van der Waals surface area contributed by atoms with Gasteiger partial charge in [-0.25, -0.2) is 9.97 Å². The van der Waals surface area contributed by atoms with Crippen LogP contribution in [0.15, 0.2) is 85.2 Å². The molecule has 5 rings (SSSR count). The van der Waals surface area contributed by atoms with Crippen LogP contribution in [-0.2, 0) is 47.2 Å². The van der Waals surface area contributed by atoms with Gasteiger partial charge in [-0.05, 0) is 72.8 Å². The molecule has 14 heteroatoms. The van der Waals surface area contributed by atoms with Crippen molar-refractivity contribution in [2.24, 2.45) is 0 Å². The number of carbonyl (C=O) groups excluding carboxylic acids is 1. The maximum atomic E-state index is 12.5. The van der Waals surface area contributed by atoms with Crippen LogP contribution >= 0.6 is 23.2 Å². The number of benzene rings is 3. The fourth-order valence-electron chi connectivity index (χ4n) is 3.69. The molecule has 43 heavy (non-hydrogen) atoms. The topological polar surface area (TPSA) is 124 Å². The summed E-state index contributed by atoms with van der Waals surface area (Å²) in [5.41, 5.74) is 2.39. The van der Waals surface area contributed by atoms with E-state index in [1.54, 1.807) is 36.4 Å². The maximum absolute atomic E-state index is 12.5. The molecule has 0 unspecified atom stereocenters. The first-order valence-electron chi connectivity index (χ1n) is 12.2. The van der Waals surface area contributed by atoms with Crippen molar-refractivity contribution in [3.8, 4) is 22.8 Å². The van der Waals surface area contributed by atoms with E-state index in [1.165, 1.54) is 24.5 Å². The Kier molecular flexibility index (Phi) is 11.6. The average molecular weight is 667 g/mol. The van der Waals surface area contributed by atoms with Crippen LogP contribution in [0.5, 0.6) is 0 Å². The van der Waals surface area contributed by atoms with Gasteiger partial charge < -0.3 is 20.4 Å². The molecule has 0 saturated heterocycles. The number of aliphatic carboxylic acids is 1. The number of rotatable bonds is 7. The van der Waals surface area contributed by atoms with Gasteiger partial charge in [0.25, 0.3) is 0 Å². The standard InChI is InChI=1S/C18H13ClF3N3O.C11H9ClN2O2.V/c19-13-5-1-11(2-6-13)17-23-10-15(25-17)9-16(26)24-14-7-3-12(4-8-14)18(20,21)22;12-8-3-1-7(2-4-8)11-13-6-9(14-11)5-10(15)16;/h1-8,10H,9H2,(H,23,25)(H,24,26);1-4,6H,5H2,(H,13,14)(H,15,16);. The van der Waals surface area contributed by atoms with Gasteiger partial charge in [-0.3, -0.25) is 9.59 Å². The van der Waals surface area contributed by atoms with Crippen molar-refractivity contribution in [2.75, 3.05) is 5.32 Å². The number of carboxylic acids is 1. The molecule has 221 valence electrons. The third-order valence-corrected chi connectivity index (χ3v) is 6.18. The van der Waals surface area contributed by atoms with Gasteiger partial charge in [0.15, 0.2) is 0 Å². The first-order valence-corrected chi connectivity index (χ1v) is 13.0. The second kappa shape index (κ2) is 14.9. The molecule has 4 N–H and O–H groups in total. The molecule has 0 saturated carbocycles. The number of halogens is 5. The molecule has 3 aromatic carbocycles. The fraction of sp³-hybridized carbons (Fsp3) is 0.103. The molecule has 1 amide bonds. The van der Waals surface area contributed by atoms with Crippen molar-refractivity contribution in [1.29, 1.82) is 0 Å². The molecule has 0 fully saturated rings. The summed E-state index contributed by atoms with van der Waals surface area (Å²) in [6.07, 6.45) is -1.38. The summed E-state index contributed by atoms with van der Waals surface area (Å²) in [6.45, 7) is 0. The Morgan fingerprint density at radius 3 is 1.60 bits per heavy atom. The molecule has 2 aromatic heterocycles. The smallest absolute Gasteiger partial charge is 0.416 e. The number of H-pyrrole nitrogens is 2. The summed E-state index contributed by atoms with van der Waals surface area (Å²) in [7, 11) is 0. The Balaban J connectivity index is 0.000000256. The zero-order chi connectivity index (χ0) is 30.3. The van der Waals surface area contributed by atoms with Gasteiger partial charge in [0.05, 0.1) is 18.4 Å². The first kappa shape index (κ1) is 33.5. The van der Waals surface area contributed by atoms with E-state index in [1.807, 2.05) is 12.1 Å². The van der Waals surface area contributed by atoms with Gasteiger partial charge in [-0.2, -0.15) is 13.2 Å². The second-order valence-corrected chi connectivity index (χ2v) is 9.77. The van der Waals surface area contributed by atoms with Crippen molar-refractivity contribution in [3.05, 3.63) is 112 Å². The molecule has 0 spiro atoms. The molecule has 2 heterocycles. The van der Waals surface area contributed by atoms with E-state index in [-0.39, 0.29) is 37.3 Å². The molecule has 0 atom stereocenters. The number of carbonyl (C=O) groups is 2. The normalized spacial score (nSPS) is 10.7. The monoisotopic (exact) mass is 666 g/mol. The number of anilines is 1. The average Bonchev–Trinajstić information content (AvgIpc) is 3.59. The SMILES string of the molecule is O=C(Cc1cnc(-c2ccc(Cl)cc2)[nH]1)Nc1ccc(C(F)(F)F)cc1.O=C(O)Cc1cnc(-c2ccc(Cl)cc2)[nH]1.[V]. The van der Waals surface area contributed by atoms with E-state index in [9.17, 15) is 22.8 Å².